The zero-order chi connectivity index (χ0) is 11.4. The van der Waals surface area contributed by atoms with E-state index in [-0.39, 0.29) is 4.88 Å². The molecule has 2 rings (SSSR count). The second kappa shape index (κ2) is 4.67. The number of carboxylic acid groups (broad SMARTS) is 1. The Morgan fingerprint density at radius 2 is 2.25 bits per heavy atom. The molecule has 5 heteroatoms. The van der Waals surface area contributed by atoms with E-state index in [1.165, 1.54) is 6.20 Å². The summed E-state index contributed by atoms with van der Waals surface area (Å²) in [5, 5.41) is 9.39. The minimum absolute atomic E-state index is 0.242. The highest BCUT2D eigenvalue weighted by molar-refractivity contribution is 7.14. The molecular formula is C11H8N2O2S. The van der Waals surface area contributed by atoms with Crippen molar-refractivity contribution in [3.05, 3.63) is 46.2 Å². The molecule has 2 aromatic rings. The van der Waals surface area contributed by atoms with Crippen LogP contribution in [-0.4, -0.2) is 21.0 Å². The second-order valence-corrected chi connectivity index (χ2v) is 4.05. The van der Waals surface area contributed by atoms with Crippen LogP contribution in [-0.2, 0) is 0 Å². The molecule has 80 valence electrons. The molecule has 2 aromatic heterocycles. The molecule has 0 bridgehead atoms. The minimum atomic E-state index is -0.946. The zero-order valence-corrected chi connectivity index (χ0v) is 9.02. The molecule has 16 heavy (non-hydrogen) atoms. The Kier molecular flexibility index (Phi) is 3.07. The Hall–Kier alpha value is -2.01. The SMILES string of the molecule is O=C(O)c1cnc(C=Cc2cccnc2)s1. The Bertz CT molecular complexity index is 520. The lowest BCUT2D eigenvalue weighted by Gasteiger charge is -1.88. The van der Waals surface area contributed by atoms with Crippen LogP contribution in [0.3, 0.4) is 0 Å². The first-order chi connectivity index (χ1) is 7.75. The Morgan fingerprint density at radius 1 is 1.38 bits per heavy atom. The van der Waals surface area contributed by atoms with Crippen molar-refractivity contribution in [3.63, 3.8) is 0 Å². The van der Waals surface area contributed by atoms with Crippen LogP contribution in [0.1, 0.15) is 20.2 Å². The molecule has 2 heterocycles. The van der Waals surface area contributed by atoms with Gasteiger partial charge in [0, 0.05) is 12.4 Å². The maximum absolute atomic E-state index is 10.6. The summed E-state index contributed by atoms with van der Waals surface area (Å²) in [7, 11) is 0. The van der Waals surface area contributed by atoms with Crippen molar-refractivity contribution >= 4 is 29.5 Å². The van der Waals surface area contributed by atoms with E-state index in [4.69, 9.17) is 5.11 Å². The summed E-state index contributed by atoms with van der Waals surface area (Å²) in [5.74, 6) is -0.946. The van der Waals surface area contributed by atoms with Gasteiger partial charge < -0.3 is 5.11 Å². The van der Waals surface area contributed by atoms with Gasteiger partial charge in [0.05, 0.1) is 6.20 Å². The van der Waals surface area contributed by atoms with E-state index in [9.17, 15) is 4.79 Å². The summed E-state index contributed by atoms with van der Waals surface area (Å²) in [6.45, 7) is 0. The molecular weight excluding hydrogens is 224 g/mol. The van der Waals surface area contributed by atoms with Crippen molar-refractivity contribution in [3.8, 4) is 0 Å². The average molecular weight is 232 g/mol. The first-order valence-corrected chi connectivity index (χ1v) is 5.34. The van der Waals surface area contributed by atoms with Crippen molar-refractivity contribution in [2.45, 2.75) is 0 Å². The Morgan fingerprint density at radius 3 is 2.88 bits per heavy atom. The number of hydrogen-bond donors (Lipinski definition) is 1. The van der Waals surface area contributed by atoms with Gasteiger partial charge >= 0.3 is 5.97 Å². The lowest BCUT2D eigenvalue weighted by atomic mass is 10.3. The molecule has 0 aliphatic carbocycles. The first kappa shape index (κ1) is 10.5. The Labute approximate surface area is 95.9 Å². The number of carbonyl (C=O) groups is 1. The lowest BCUT2D eigenvalue weighted by Crippen LogP contribution is -1.89. The number of aromatic nitrogens is 2. The van der Waals surface area contributed by atoms with Gasteiger partial charge in [-0.15, -0.1) is 11.3 Å². The van der Waals surface area contributed by atoms with Gasteiger partial charge in [-0.05, 0) is 17.7 Å². The van der Waals surface area contributed by atoms with Crippen LogP contribution >= 0.6 is 11.3 Å². The van der Waals surface area contributed by atoms with Crippen LogP contribution in [0, 0.1) is 0 Å². The van der Waals surface area contributed by atoms with E-state index >= 15 is 0 Å². The molecule has 0 atom stereocenters. The summed E-state index contributed by atoms with van der Waals surface area (Å²) >= 11 is 1.14. The molecule has 0 fully saturated rings. The maximum Gasteiger partial charge on any atom is 0.347 e. The van der Waals surface area contributed by atoms with Gasteiger partial charge in [0.2, 0.25) is 0 Å². The average Bonchev–Trinajstić information content (AvgIpc) is 2.76. The van der Waals surface area contributed by atoms with E-state index < -0.39 is 5.97 Å². The number of hydrogen-bond acceptors (Lipinski definition) is 4. The van der Waals surface area contributed by atoms with Gasteiger partial charge in [-0.25, -0.2) is 9.78 Å². The topological polar surface area (TPSA) is 63.1 Å². The summed E-state index contributed by atoms with van der Waals surface area (Å²) in [4.78, 5) is 18.8. The van der Waals surface area contributed by atoms with Crippen molar-refractivity contribution < 1.29 is 9.90 Å². The first-order valence-electron chi connectivity index (χ1n) is 4.53. The van der Waals surface area contributed by atoms with Crippen molar-refractivity contribution in [2.24, 2.45) is 0 Å². The highest BCUT2D eigenvalue weighted by atomic mass is 32.1. The van der Waals surface area contributed by atoms with Gasteiger partial charge in [-0.2, -0.15) is 0 Å². The van der Waals surface area contributed by atoms with Gasteiger partial charge in [0.15, 0.2) is 0 Å². The van der Waals surface area contributed by atoms with Crippen LogP contribution in [0.25, 0.3) is 12.2 Å². The van der Waals surface area contributed by atoms with Crippen molar-refractivity contribution in [1.82, 2.24) is 9.97 Å². The number of carboxylic acids is 1. The monoisotopic (exact) mass is 232 g/mol. The summed E-state index contributed by atoms with van der Waals surface area (Å²) in [5.41, 5.74) is 0.953. The van der Waals surface area contributed by atoms with E-state index in [2.05, 4.69) is 9.97 Å². The third-order valence-electron chi connectivity index (χ3n) is 1.84. The van der Waals surface area contributed by atoms with Gasteiger partial charge in [0.1, 0.15) is 9.88 Å². The third-order valence-corrected chi connectivity index (χ3v) is 2.79. The Balaban J connectivity index is 2.15. The smallest absolute Gasteiger partial charge is 0.347 e. The van der Waals surface area contributed by atoms with Crippen LogP contribution in [0.4, 0.5) is 0 Å². The zero-order valence-electron chi connectivity index (χ0n) is 8.20. The van der Waals surface area contributed by atoms with Crippen molar-refractivity contribution in [1.29, 1.82) is 0 Å². The molecule has 0 aliphatic heterocycles. The van der Waals surface area contributed by atoms with Crippen LogP contribution < -0.4 is 0 Å². The van der Waals surface area contributed by atoms with E-state index in [1.54, 1.807) is 18.5 Å². The standard InChI is InChI=1S/C11H8N2O2S/c14-11(15)9-7-13-10(16-9)4-3-8-2-1-5-12-6-8/h1-7H,(H,14,15). The fraction of sp³-hybridized carbons (Fsp3) is 0. The van der Waals surface area contributed by atoms with E-state index in [0.717, 1.165) is 16.9 Å². The lowest BCUT2D eigenvalue weighted by molar-refractivity contribution is 0.0702. The molecule has 0 spiro atoms. The minimum Gasteiger partial charge on any atom is -0.477 e. The van der Waals surface area contributed by atoms with Crippen LogP contribution in [0.5, 0.6) is 0 Å². The normalized spacial score (nSPS) is 10.8. The molecule has 0 saturated carbocycles. The number of aromatic carboxylic acids is 1. The van der Waals surface area contributed by atoms with Gasteiger partial charge in [-0.1, -0.05) is 12.1 Å². The fourth-order valence-electron chi connectivity index (χ4n) is 1.11. The predicted octanol–water partition coefficient (Wildman–Crippen LogP) is 2.41. The fourth-order valence-corrected chi connectivity index (χ4v) is 1.77. The number of pyridine rings is 1. The number of nitrogens with zero attached hydrogens (tertiary/aromatic N) is 2. The summed E-state index contributed by atoms with van der Waals surface area (Å²) in [6.07, 6.45) is 8.40. The number of thiazole rings is 1. The van der Waals surface area contributed by atoms with Crippen LogP contribution in [0.2, 0.25) is 0 Å². The number of rotatable bonds is 3. The summed E-state index contributed by atoms with van der Waals surface area (Å²) in [6, 6.07) is 3.75. The second-order valence-electron chi connectivity index (χ2n) is 2.99. The van der Waals surface area contributed by atoms with E-state index in [1.807, 2.05) is 18.2 Å². The van der Waals surface area contributed by atoms with Crippen LogP contribution in [0.15, 0.2) is 30.7 Å². The maximum atomic E-state index is 10.6. The molecule has 0 aliphatic rings. The highest BCUT2D eigenvalue weighted by Gasteiger charge is 2.05. The molecule has 0 amide bonds. The largest absolute Gasteiger partial charge is 0.477 e. The van der Waals surface area contributed by atoms with Gasteiger partial charge in [0.25, 0.3) is 0 Å². The molecule has 0 aromatic carbocycles. The van der Waals surface area contributed by atoms with Gasteiger partial charge in [-0.3, -0.25) is 4.98 Å². The molecule has 1 N–H and O–H groups in total. The molecule has 0 unspecified atom stereocenters. The summed E-state index contributed by atoms with van der Waals surface area (Å²) < 4.78 is 0. The molecule has 4 nitrogen and oxygen atoms in total. The van der Waals surface area contributed by atoms with Crippen molar-refractivity contribution in [2.75, 3.05) is 0 Å². The quantitative estimate of drug-likeness (QED) is 0.882. The predicted molar refractivity (Wildman–Crippen MR) is 62.2 cm³/mol. The molecule has 0 saturated heterocycles. The van der Waals surface area contributed by atoms with E-state index in [0.29, 0.717) is 5.01 Å². The third kappa shape index (κ3) is 2.52. The highest BCUT2D eigenvalue weighted by Crippen LogP contribution is 2.15. The molecule has 0 radical (unpaired) electrons.